The number of carbonyl (C=O) groups is 2. The van der Waals surface area contributed by atoms with E-state index in [9.17, 15) is 9.59 Å². The van der Waals surface area contributed by atoms with Crippen LogP contribution in [0.15, 0.2) is 36.4 Å². The van der Waals surface area contributed by atoms with E-state index in [4.69, 9.17) is 9.47 Å². The lowest BCUT2D eigenvalue weighted by Crippen LogP contribution is -2.29. The Labute approximate surface area is 140 Å². The molecule has 2 aromatic carbocycles. The molecule has 0 spiro atoms. The van der Waals surface area contributed by atoms with Crippen LogP contribution in [0.4, 0.5) is 0 Å². The van der Waals surface area contributed by atoms with E-state index in [0.29, 0.717) is 22.6 Å². The Hall–Kier alpha value is -2.09. The fourth-order valence-corrected chi connectivity index (χ4v) is 3.24. The molecule has 5 nitrogen and oxygen atoms in total. The highest BCUT2D eigenvalue weighted by atomic mass is 127. The van der Waals surface area contributed by atoms with Crippen LogP contribution in [-0.2, 0) is 6.54 Å². The van der Waals surface area contributed by atoms with E-state index < -0.39 is 0 Å². The molecule has 0 saturated heterocycles. The van der Waals surface area contributed by atoms with Crippen LogP contribution < -0.4 is 9.47 Å². The molecule has 0 N–H and O–H groups in total. The van der Waals surface area contributed by atoms with Gasteiger partial charge in [0.15, 0.2) is 11.5 Å². The van der Waals surface area contributed by atoms with Gasteiger partial charge in [-0.25, -0.2) is 0 Å². The monoisotopic (exact) mass is 407 g/mol. The Bertz CT molecular complexity index is 783. The van der Waals surface area contributed by atoms with E-state index in [0.717, 1.165) is 9.13 Å². The molecule has 0 atom stereocenters. The number of benzene rings is 2. The zero-order valence-electron chi connectivity index (χ0n) is 11.3. The molecular weight excluding hydrogens is 397 g/mol. The second kappa shape index (κ2) is 4.98. The van der Waals surface area contributed by atoms with Crippen molar-refractivity contribution in [2.45, 2.75) is 6.54 Å². The molecular formula is C16H10INO4. The van der Waals surface area contributed by atoms with Crippen molar-refractivity contribution < 1.29 is 19.1 Å². The third kappa shape index (κ3) is 1.98. The third-order valence-electron chi connectivity index (χ3n) is 3.75. The Morgan fingerprint density at radius 3 is 2.23 bits per heavy atom. The molecule has 2 heterocycles. The van der Waals surface area contributed by atoms with Gasteiger partial charge >= 0.3 is 0 Å². The second-order valence-corrected chi connectivity index (χ2v) is 6.20. The number of ether oxygens (including phenoxy) is 2. The van der Waals surface area contributed by atoms with Crippen molar-refractivity contribution in [2.75, 3.05) is 6.79 Å². The molecule has 0 saturated carbocycles. The van der Waals surface area contributed by atoms with Crippen molar-refractivity contribution >= 4 is 34.4 Å². The number of amides is 2. The number of nitrogens with zero attached hydrogens (tertiary/aromatic N) is 1. The first-order chi connectivity index (χ1) is 10.6. The minimum atomic E-state index is -0.255. The van der Waals surface area contributed by atoms with Crippen LogP contribution in [0.25, 0.3) is 0 Å². The number of carbonyl (C=O) groups excluding carboxylic acids is 2. The summed E-state index contributed by atoms with van der Waals surface area (Å²) in [4.78, 5) is 26.1. The fraction of sp³-hybridized carbons (Fsp3) is 0.125. The van der Waals surface area contributed by atoms with E-state index in [2.05, 4.69) is 22.6 Å². The topological polar surface area (TPSA) is 55.8 Å². The summed E-state index contributed by atoms with van der Waals surface area (Å²) in [6, 6.07) is 10.6. The highest BCUT2D eigenvalue weighted by Gasteiger charge is 2.35. The van der Waals surface area contributed by atoms with Crippen LogP contribution in [0.3, 0.4) is 0 Å². The number of fused-ring (bicyclic) bond motifs is 2. The average molecular weight is 407 g/mol. The molecule has 2 aliphatic rings. The van der Waals surface area contributed by atoms with E-state index in [1.54, 1.807) is 24.3 Å². The molecule has 6 heteroatoms. The van der Waals surface area contributed by atoms with Gasteiger partial charge in [-0.1, -0.05) is 12.1 Å². The van der Waals surface area contributed by atoms with Gasteiger partial charge in [0, 0.05) is 3.57 Å². The summed E-state index contributed by atoms with van der Waals surface area (Å²) in [7, 11) is 0. The minimum Gasteiger partial charge on any atom is -0.454 e. The molecule has 0 bridgehead atoms. The van der Waals surface area contributed by atoms with Gasteiger partial charge in [0.1, 0.15) is 0 Å². The normalized spacial score (nSPS) is 15.4. The lowest BCUT2D eigenvalue weighted by Gasteiger charge is -2.15. The number of rotatable bonds is 2. The predicted octanol–water partition coefficient (Wildman–Crippen LogP) is 2.82. The summed E-state index contributed by atoms with van der Waals surface area (Å²) in [6.45, 7) is 0.420. The fourth-order valence-electron chi connectivity index (χ4n) is 2.63. The first-order valence-corrected chi connectivity index (χ1v) is 7.76. The van der Waals surface area contributed by atoms with Crippen LogP contribution in [0, 0.1) is 3.57 Å². The van der Waals surface area contributed by atoms with Gasteiger partial charge in [0.05, 0.1) is 17.7 Å². The molecule has 0 aliphatic carbocycles. The Kier molecular flexibility index (Phi) is 3.07. The summed E-state index contributed by atoms with van der Waals surface area (Å²) >= 11 is 2.17. The summed E-state index contributed by atoms with van der Waals surface area (Å²) < 4.78 is 11.6. The molecule has 22 heavy (non-hydrogen) atoms. The second-order valence-electron chi connectivity index (χ2n) is 5.04. The van der Waals surface area contributed by atoms with Gasteiger partial charge in [-0.15, -0.1) is 0 Å². The summed E-state index contributed by atoms with van der Waals surface area (Å²) in [5.41, 5.74) is 1.78. The van der Waals surface area contributed by atoms with Gasteiger partial charge in [0.2, 0.25) is 6.79 Å². The smallest absolute Gasteiger partial charge is 0.261 e. The molecule has 110 valence electrons. The number of hydrogen-bond donors (Lipinski definition) is 0. The number of halogens is 1. The number of imide groups is 1. The molecule has 0 radical (unpaired) electrons. The predicted molar refractivity (Wildman–Crippen MR) is 85.9 cm³/mol. The zero-order chi connectivity index (χ0) is 15.3. The van der Waals surface area contributed by atoms with E-state index >= 15 is 0 Å². The zero-order valence-corrected chi connectivity index (χ0v) is 13.5. The van der Waals surface area contributed by atoms with Crippen LogP contribution in [0.5, 0.6) is 11.5 Å². The first-order valence-electron chi connectivity index (χ1n) is 6.68. The van der Waals surface area contributed by atoms with Gasteiger partial charge in [-0.2, -0.15) is 0 Å². The Morgan fingerprint density at radius 1 is 1.00 bits per heavy atom. The quantitative estimate of drug-likeness (QED) is 0.568. The van der Waals surface area contributed by atoms with Gasteiger partial charge in [0.25, 0.3) is 11.8 Å². The van der Waals surface area contributed by atoms with Crippen LogP contribution in [0.1, 0.15) is 26.3 Å². The first kappa shape index (κ1) is 13.6. The maximum atomic E-state index is 12.4. The maximum absolute atomic E-state index is 12.4. The molecule has 4 rings (SSSR count). The van der Waals surface area contributed by atoms with Gasteiger partial charge < -0.3 is 9.47 Å². The van der Waals surface area contributed by atoms with Crippen molar-refractivity contribution in [3.63, 3.8) is 0 Å². The van der Waals surface area contributed by atoms with Crippen molar-refractivity contribution in [1.29, 1.82) is 0 Å². The molecule has 2 aliphatic heterocycles. The molecule has 0 fully saturated rings. The maximum Gasteiger partial charge on any atom is 0.261 e. The third-order valence-corrected chi connectivity index (χ3v) is 4.75. The van der Waals surface area contributed by atoms with Crippen LogP contribution >= 0.6 is 22.6 Å². The summed E-state index contributed by atoms with van der Waals surface area (Å²) in [6.07, 6.45) is 0. The van der Waals surface area contributed by atoms with Gasteiger partial charge in [-0.3, -0.25) is 14.5 Å². The lowest BCUT2D eigenvalue weighted by atomic mass is 10.1. The van der Waals surface area contributed by atoms with E-state index in [1.165, 1.54) is 4.90 Å². The molecule has 2 amide bonds. The number of hydrogen-bond acceptors (Lipinski definition) is 4. The van der Waals surface area contributed by atoms with Crippen molar-refractivity contribution in [2.24, 2.45) is 0 Å². The summed E-state index contributed by atoms with van der Waals surface area (Å²) in [5, 5.41) is 0. The van der Waals surface area contributed by atoms with E-state index in [-0.39, 0.29) is 25.2 Å². The highest BCUT2D eigenvalue weighted by molar-refractivity contribution is 14.1. The molecule has 2 aromatic rings. The van der Waals surface area contributed by atoms with Crippen molar-refractivity contribution in [3.8, 4) is 11.5 Å². The van der Waals surface area contributed by atoms with E-state index in [1.807, 2.05) is 12.1 Å². The Balaban J connectivity index is 1.68. The minimum absolute atomic E-state index is 0.196. The standard InChI is InChI=1S/C16H10INO4/c17-12-6-14-13(21-8-22-14)5-9(12)7-18-15(19)10-3-1-2-4-11(10)16(18)20/h1-6H,7-8H2. The lowest BCUT2D eigenvalue weighted by molar-refractivity contribution is 0.0642. The molecule has 0 aromatic heterocycles. The largest absolute Gasteiger partial charge is 0.454 e. The SMILES string of the molecule is O=C1c2ccccc2C(=O)N1Cc1cc2c(cc1I)OCO2. The Morgan fingerprint density at radius 2 is 1.59 bits per heavy atom. The highest BCUT2D eigenvalue weighted by Crippen LogP contribution is 2.36. The van der Waals surface area contributed by atoms with Gasteiger partial charge in [-0.05, 0) is 52.4 Å². The van der Waals surface area contributed by atoms with Crippen molar-refractivity contribution in [1.82, 2.24) is 4.90 Å². The van der Waals surface area contributed by atoms with Crippen LogP contribution in [0.2, 0.25) is 0 Å². The molecule has 0 unspecified atom stereocenters. The average Bonchev–Trinajstić information content (AvgIpc) is 3.06. The summed E-state index contributed by atoms with van der Waals surface area (Å²) in [5.74, 6) is 0.825. The van der Waals surface area contributed by atoms with Crippen molar-refractivity contribution in [3.05, 3.63) is 56.7 Å². The van der Waals surface area contributed by atoms with Crippen LogP contribution in [-0.4, -0.2) is 23.5 Å².